The molecule has 2 fully saturated rings. The summed E-state index contributed by atoms with van der Waals surface area (Å²) in [5, 5.41) is 0. The summed E-state index contributed by atoms with van der Waals surface area (Å²) in [5.41, 5.74) is 1.99. The fraction of sp³-hybridized carbons (Fsp3) is 0.500. The van der Waals surface area contributed by atoms with Crippen LogP contribution in [0.1, 0.15) is 18.4 Å². The van der Waals surface area contributed by atoms with Crippen molar-refractivity contribution < 1.29 is 14.3 Å². The molecule has 1 unspecified atom stereocenters. The first-order valence-corrected chi connectivity index (χ1v) is 7.95. The largest absolute Gasteiger partial charge is 0.497 e. The molecule has 1 heterocycles. The van der Waals surface area contributed by atoms with Crippen LogP contribution in [0, 0.1) is 5.92 Å². The van der Waals surface area contributed by atoms with E-state index in [9.17, 15) is 4.79 Å². The number of hydrogen-bond acceptors (Lipinski definition) is 4. The van der Waals surface area contributed by atoms with Crippen molar-refractivity contribution in [1.29, 1.82) is 0 Å². The molecule has 0 N–H and O–H groups in total. The molecule has 3 rings (SSSR count). The quantitative estimate of drug-likeness (QED) is 0.801. The molecule has 0 spiro atoms. The number of ether oxygens (including phenoxy) is 2. The molecular formula is C18H23NO3. The van der Waals surface area contributed by atoms with Crippen LogP contribution in [0.25, 0.3) is 6.08 Å². The molecule has 1 aromatic carbocycles. The van der Waals surface area contributed by atoms with Crippen molar-refractivity contribution in [2.45, 2.75) is 12.8 Å². The van der Waals surface area contributed by atoms with Crippen molar-refractivity contribution in [3.63, 3.8) is 0 Å². The molecule has 1 saturated carbocycles. The van der Waals surface area contributed by atoms with Gasteiger partial charge in [-0.15, -0.1) is 0 Å². The molecule has 4 nitrogen and oxygen atoms in total. The van der Waals surface area contributed by atoms with E-state index in [-0.39, 0.29) is 5.92 Å². The van der Waals surface area contributed by atoms with Crippen LogP contribution in [-0.4, -0.2) is 50.6 Å². The van der Waals surface area contributed by atoms with Crippen LogP contribution < -0.4 is 4.74 Å². The molecule has 1 atom stereocenters. The maximum absolute atomic E-state index is 12.6. The third-order valence-electron chi connectivity index (χ3n) is 4.47. The second-order valence-corrected chi connectivity index (χ2v) is 5.96. The lowest BCUT2D eigenvalue weighted by atomic mass is 10.0. The van der Waals surface area contributed by atoms with Crippen LogP contribution in [0.4, 0.5) is 0 Å². The number of methoxy groups -OCH3 is 1. The van der Waals surface area contributed by atoms with Crippen LogP contribution >= 0.6 is 0 Å². The predicted molar refractivity (Wildman–Crippen MR) is 86.0 cm³/mol. The molecule has 1 aromatic rings. The first kappa shape index (κ1) is 15.3. The Bertz CT molecular complexity index is 561. The Hall–Kier alpha value is -1.65. The topological polar surface area (TPSA) is 38.8 Å². The lowest BCUT2D eigenvalue weighted by Gasteiger charge is -2.28. The summed E-state index contributed by atoms with van der Waals surface area (Å²) in [6.45, 7) is 4.33. The van der Waals surface area contributed by atoms with Gasteiger partial charge in [-0.3, -0.25) is 9.69 Å². The van der Waals surface area contributed by atoms with E-state index in [0.717, 1.165) is 62.6 Å². The Morgan fingerprint density at radius 3 is 2.95 bits per heavy atom. The zero-order chi connectivity index (χ0) is 15.4. The van der Waals surface area contributed by atoms with Gasteiger partial charge in [0, 0.05) is 25.6 Å². The van der Waals surface area contributed by atoms with Crippen LogP contribution in [-0.2, 0) is 9.53 Å². The number of ketones is 1. The Balaban J connectivity index is 1.65. The molecule has 0 amide bonds. The van der Waals surface area contributed by atoms with Crippen molar-refractivity contribution in [3.8, 4) is 5.75 Å². The van der Waals surface area contributed by atoms with E-state index in [1.54, 1.807) is 7.11 Å². The van der Waals surface area contributed by atoms with Crippen molar-refractivity contribution in [3.05, 3.63) is 35.4 Å². The van der Waals surface area contributed by atoms with Gasteiger partial charge < -0.3 is 9.47 Å². The minimum absolute atomic E-state index is 0.148. The van der Waals surface area contributed by atoms with E-state index in [1.165, 1.54) is 0 Å². The maximum Gasteiger partial charge on any atom is 0.163 e. The maximum atomic E-state index is 12.6. The zero-order valence-electron chi connectivity index (χ0n) is 13.1. The highest BCUT2D eigenvalue weighted by molar-refractivity contribution is 6.03. The van der Waals surface area contributed by atoms with Gasteiger partial charge in [-0.2, -0.15) is 0 Å². The summed E-state index contributed by atoms with van der Waals surface area (Å²) in [5.74, 6) is 1.29. The molecule has 118 valence electrons. The van der Waals surface area contributed by atoms with Gasteiger partial charge in [0.25, 0.3) is 0 Å². The average molecular weight is 301 g/mol. The Morgan fingerprint density at radius 2 is 2.18 bits per heavy atom. The number of carbonyl (C=O) groups is 1. The summed E-state index contributed by atoms with van der Waals surface area (Å²) in [7, 11) is 1.66. The Labute approximate surface area is 131 Å². The number of hydrogen-bond donors (Lipinski definition) is 0. The van der Waals surface area contributed by atoms with Crippen molar-refractivity contribution in [1.82, 2.24) is 4.90 Å². The van der Waals surface area contributed by atoms with Crippen molar-refractivity contribution >= 4 is 11.9 Å². The highest BCUT2D eigenvalue weighted by atomic mass is 16.5. The van der Waals surface area contributed by atoms with Gasteiger partial charge in [0.1, 0.15) is 5.75 Å². The molecular weight excluding hydrogens is 278 g/mol. The van der Waals surface area contributed by atoms with Gasteiger partial charge in [0.2, 0.25) is 0 Å². The fourth-order valence-electron chi connectivity index (χ4n) is 3.19. The monoisotopic (exact) mass is 301 g/mol. The highest BCUT2D eigenvalue weighted by Gasteiger charge is 2.30. The lowest BCUT2D eigenvalue weighted by Crippen LogP contribution is -2.40. The summed E-state index contributed by atoms with van der Waals surface area (Å²) in [6, 6.07) is 7.85. The standard InChI is InChI=1S/C18H23NO3/c1-21-17-4-2-3-14(12-17)11-15-5-6-16(18(15)20)13-19-7-9-22-10-8-19/h2-4,11-12,16H,5-10,13H2,1H3/b15-11+. The van der Waals surface area contributed by atoms with Gasteiger partial charge in [-0.05, 0) is 42.2 Å². The molecule has 0 radical (unpaired) electrons. The molecule has 22 heavy (non-hydrogen) atoms. The molecule has 2 aliphatic rings. The van der Waals surface area contributed by atoms with E-state index >= 15 is 0 Å². The normalized spacial score (nSPS) is 24.9. The van der Waals surface area contributed by atoms with Gasteiger partial charge >= 0.3 is 0 Å². The van der Waals surface area contributed by atoms with Gasteiger partial charge in [-0.25, -0.2) is 0 Å². The second kappa shape index (κ2) is 7.07. The molecule has 1 saturated heterocycles. The smallest absolute Gasteiger partial charge is 0.163 e. The van der Waals surface area contributed by atoms with Crippen molar-refractivity contribution in [2.75, 3.05) is 40.0 Å². The van der Waals surface area contributed by atoms with E-state index in [0.29, 0.717) is 5.78 Å². The van der Waals surface area contributed by atoms with E-state index in [2.05, 4.69) is 4.90 Å². The number of benzene rings is 1. The third kappa shape index (κ3) is 3.57. The number of nitrogens with zero attached hydrogens (tertiary/aromatic N) is 1. The summed E-state index contributed by atoms with van der Waals surface area (Å²) >= 11 is 0. The van der Waals surface area contributed by atoms with Crippen LogP contribution in [0.15, 0.2) is 29.8 Å². The first-order chi connectivity index (χ1) is 10.8. The number of Topliss-reactive ketones (excluding diaryl/α,β-unsaturated/α-hetero) is 1. The third-order valence-corrected chi connectivity index (χ3v) is 4.47. The zero-order valence-corrected chi connectivity index (χ0v) is 13.1. The number of carbonyl (C=O) groups excluding carboxylic acids is 1. The average Bonchev–Trinajstić information content (AvgIpc) is 2.89. The van der Waals surface area contributed by atoms with Gasteiger partial charge in [0.05, 0.1) is 20.3 Å². The minimum Gasteiger partial charge on any atom is -0.497 e. The minimum atomic E-state index is 0.148. The Morgan fingerprint density at radius 1 is 1.36 bits per heavy atom. The van der Waals surface area contributed by atoms with Crippen molar-refractivity contribution in [2.24, 2.45) is 5.92 Å². The lowest BCUT2D eigenvalue weighted by molar-refractivity contribution is -0.118. The molecule has 0 aromatic heterocycles. The highest BCUT2D eigenvalue weighted by Crippen LogP contribution is 2.29. The van der Waals surface area contributed by atoms with Crippen LogP contribution in [0.3, 0.4) is 0 Å². The summed E-state index contributed by atoms with van der Waals surface area (Å²) in [6.07, 6.45) is 3.86. The van der Waals surface area contributed by atoms with E-state index in [4.69, 9.17) is 9.47 Å². The van der Waals surface area contributed by atoms with Gasteiger partial charge in [0.15, 0.2) is 5.78 Å². The molecule has 1 aliphatic carbocycles. The Kier molecular flexibility index (Phi) is 4.90. The van der Waals surface area contributed by atoms with E-state index in [1.807, 2.05) is 30.3 Å². The molecule has 1 aliphatic heterocycles. The summed E-state index contributed by atoms with van der Waals surface area (Å²) < 4.78 is 10.6. The van der Waals surface area contributed by atoms with E-state index < -0.39 is 0 Å². The predicted octanol–water partition coefficient (Wildman–Crippen LogP) is 2.39. The van der Waals surface area contributed by atoms with Gasteiger partial charge in [-0.1, -0.05) is 12.1 Å². The SMILES string of the molecule is COc1cccc(/C=C2\CCC(CN3CCOCC3)C2=O)c1. The first-order valence-electron chi connectivity index (χ1n) is 7.95. The fourth-order valence-corrected chi connectivity index (χ4v) is 3.19. The van der Waals surface area contributed by atoms with Crippen LogP contribution in [0.5, 0.6) is 5.75 Å². The summed E-state index contributed by atoms with van der Waals surface area (Å²) in [4.78, 5) is 14.9. The second-order valence-electron chi connectivity index (χ2n) is 5.96. The number of morpholine rings is 1. The molecule has 4 heteroatoms. The molecule has 0 bridgehead atoms. The number of rotatable bonds is 4. The number of allylic oxidation sites excluding steroid dienone is 1. The van der Waals surface area contributed by atoms with Crippen LogP contribution in [0.2, 0.25) is 0 Å².